The number of rotatable bonds is 5. The fraction of sp³-hybridized carbons (Fsp3) is 0.500. The van der Waals surface area contributed by atoms with Gasteiger partial charge in [0.15, 0.2) is 0 Å². The Kier molecular flexibility index (Phi) is 4.76. The zero-order valence-corrected chi connectivity index (χ0v) is 11.0. The van der Waals surface area contributed by atoms with E-state index in [1.165, 1.54) is 5.56 Å². The molecule has 0 bridgehead atoms. The van der Waals surface area contributed by atoms with Crippen LogP contribution in [0.3, 0.4) is 0 Å². The van der Waals surface area contributed by atoms with Crippen molar-refractivity contribution in [1.82, 2.24) is 4.90 Å². The van der Waals surface area contributed by atoms with Gasteiger partial charge in [0.05, 0.1) is 6.61 Å². The molecule has 1 aliphatic rings. The molecule has 2 rings (SSSR count). The molecule has 2 atom stereocenters. The molecule has 19 heavy (non-hydrogen) atoms. The van der Waals surface area contributed by atoms with Crippen molar-refractivity contribution >= 4 is 6.09 Å². The van der Waals surface area contributed by atoms with Crippen molar-refractivity contribution in [2.45, 2.75) is 19.0 Å². The Balaban J connectivity index is 1.91. The molecule has 0 aliphatic carbocycles. The van der Waals surface area contributed by atoms with Crippen molar-refractivity contribution in [3.63, 3.8) is 0 Å². The summed E-state index contributed by atoms with van der Waals surface area (Å²) in [6.07, 6.45) is 0.252. The van der Waals surface area contributed by atoms with Crippen LogP contribution in [0.2, 0.25) is 0 Å². The van der Waals surface area contributed by atoms with Crippen LogP contribution >= 0.6 is 0 Å². The summed E-state index contributed by atoms with van der Waals surface area (Å²) in [4.78, 5) is 13.0. The summed E-state index contributed by atoms with van der Waals surface area (Å²) < 4.78 is 4.89. The standard InChI is InChI=1S/C14H21N3O2/c15-7-13-6-12(10-19-14(16)18)9-17(13)8-11-4-2-1-3-5-11/h1-5,12-13H,6-10,15H2,(H2,16,18)/t12-,13+/m0/s1. The van der Waals surface area contributed by atoms with Crippen LogP contribution in [0.5, 0.6) is 0 Å². The van der Waals surface area contributed by atoms with Crippen molar-refractivity contribution in [2.75, 3.05) is 19.7 Å². The number of hydrogen-bond donors (Lipinski definition) is 2. The highest BCUT2D eigenvalue weighted by molar-refractivity contribution is 5.64. The average Bonchev–Trinajstić information content (AvgIpc) is 2.80. The second-order valence-corrected chi connectivity index (χ2v) is 5.04. The zero-order chi connectivity index (χ0) is 13.7. The van der Waals surface area contributed by atoms with E-state index in [1.807, 2.05) is 18.2 Å². The molecule has 5 heteroatoms. The summed E-state index contributed by atoms with van der Waals surface area (Å²) in [6, 6.07) is 10.7. The fourth-order valence-electron chi connectivity index (χ4n) is 2.67. The van der Waals surface area contributed by atoms with Crippen molar-refractivity contribution < 1.29 is 9.53 Å². The first kappa shape index (κ1) is 13.8. The number of benzene rings is 1. The van der Waals surface area contributed by atoms with Gasteiger partial charge in [-0.25, -0.2) is 4.79 Å². The van der Waals surface area contributed by atoms with Gasteiger partial charge in [-0.15, -0.1) is 0 Å². The first-order chi connectivity index (χ1) is 9.19. The van der Waals surface area contributed by atoms with Gasteiger partial charge in [-0.3, -0.25) is 4.90 Å². The molecule has 104 valence electrons. The first-order valence-electron chi connectivity index (χ1n) is 6.59. The van der Waals surface area contributed by atoms with Crippen LogP contribution < -0.4 is 11.5 Å². The van der Waals surface area contributed by atoms with Crippen LogP contribution in [-0.2, 0) is 11.3 Å². The molecule has 0 spiro atoms. The maximum Gasteiger partial charge on any atom is 0.404 e. The maximum absolute atomic E-state index is 10.6. The lowest BCUT2D eigenvalue weighted by Crippen LogP contribution is -2.34. The zero-order valence-electron chi connectivity index (χ0n) is 11.0. The van der Waals surface area contributed by atoms with Gasteiger partial charge in [-0.05, 0) is 12.0 Å². The Hall–Kier alpha value is -1.59. The smallest absolute Gasteiger partial charge is 0.404 e. The third kappa shape index (κ3) is 3.94. The lowest BCUT2D eigenvalue weighted by molar-refractivity contribution is 0.136. The second-order valence-electron chi connectivity index (χ2n) is 5.04. The summed E-state index contributed by atoms with van der Waals surface area (Å²) in [5.74, 6) is 0.324. The topological polar surface area (TPSA) is 81.6 Å². The minimum atomic E-state index is -0.703. The van der Waals surface area contributed by atoms with Gasteiger partial charge in [0, 0.05) is 31.6 Å². The molecule has 0 radical (unpaired) electrons. The molecule has 1 fully saturated rings. The molecule has 1 aliphatic heterocycles. The second kappa shape index (κ2) is 6.54. The van der Waals surface area contributed by atoms with Crippen molar-refractivity contribution in [2.24, 2.45) is 17.4 Å². The summed E-state index contributed by atoms with van der Waals surface area (Å²) in [5.41, 5.74) is 12.1. The maximum atomic E-state index is 10.6. The highest BCUT2D eigenvalue weighted by Crippen LogP contribution is 2.24. The molecule has 1 saturated heterocycles. The average molecular weight is 263 g/mol. The van der Waals surface area contributed by atoms with Gasteiger partial charge in [0.2, 0.25) is 0 Å². The first-order valence-corrected chi connectivity index (χ1v) is 6.59. The van der Waals surface area contributed by atoms with Crippen LogP contribution in [0.4, 0.5) is 4.79 Å². The molecular weight excluding hydrogens is 242 g/mol. The Bertz CT molecular complexity index is 410. The number of amides is 1. The van der Waals surface area contributed by atoms with Gasteiger partial charge >= 0.3 is 6.09 Å². The van der Waals surface area contributed by atoms with Crippen LogP contribution in [0.25, 0.3) is 0 Å². The number of ether oxygens (including phenoxy) is 1. The highest BCUT2D eigenvalue weighted by Gasteiger charge is 2.31. The number of carbonyl (C=O) groups excluding carboxylic acids is 1. The molecule has 1 aromatic rings. The van der Waals surface area contributed by atoms with Crippen molar-refractivity contribution in [3.05, 3.63) is 35.9 Å². The van der Waals surface area contributed by atoms with E-state index in [-0.39, 0.29) is 0 Å². The number of nitrogens with two attached hydrogens (primary N) is 2. The minimum absolute atomic E-state index is 0.324. The molecule has 4 N–H and O–H groups in total. The Morgan fingerprint density at radius 3 is 2.74 bits per heavy atom. The predicted octanol–water partition coefficient (Wildman–Crippen LogP) is 0.931. The van der Waals surface area contributed by atoms with Crippen LogP contribution in [0.1, 0.15) is 12.0 Å². The van der Waals surface area contributed by atoms with E-state index in [2.05, 4.69) is 17.0 Å². The van der Waals surface area contributed by atoms with Crippen molar-refractivity contribution in [1.29, 1.82) is 0 Å². The summed E-state index contributed by atoms with van der Waals surface area (Å²) in [7, 11) is 0. The van der Waals surface area contributed by atoms with Crippen LogP contribution in [0.15, 0.2) is 30.3 Å². The van der Waals surface area contributed by atoms with E-state index < -0.39 is 6.09 Å². The van der Waals surface area contributed by atoms with Gasteiger partial charge < -0.3 is 16.2 Å². The third-order valence-corrected chi connectivity index (χ3v) is 3.58. The lowest BCUT2D eigenvalue weighted by Gasteiger charge is -2.23. The Morgan fingerprint density at radius 2 is 2.11 bits per heavy atom. The van der Waals surface area contributed by atoms with E-state index in [0.717, 1.165) is 19.5 Å². The Labute approximate surface area is 113 Å². The molecule has 1 aromatic carbocycles. The summed E-state index contributed by atoms with van der Waals surface area (Å²) in [5, 5.41) is 0. The quantitative estimate of drug-likeness (QED) is 0.828. The van der Waals surface area contributed by atoms with Gasteiger partial charge in [-0.1, -0.05) is 30.3 Å². The fourth-order valence-corrected chi connectivity index (χ4v) is 2.67. The van der Waals surface area contributed by atoms with Gasteiger partial charge in [0.25, 0.3) is 0 Å². The Morgan fingerprint density at radius 1 is 1.37 bits per heavy atom. The van der Waals surface area contributed by atoms with E-state index in [9.17, 15) is 4.79 Å². The number of nitrogens with zero attached hydrogens (tertiary/aromatic N) is 1. The molecule has 1 heterocycles. The van der Waals surface area contributed by atoms with Gasteiger partial charge in [-0.2, -0.15) is 0 Å². The largest absolute Gasteiger partial charge is 0.449 e. The van der Waals surface area contributed by atoms with Gasteiger partial charge in [0.1, 0.15) is 0 Å². The lowest BCUT2D eigenvalue weighted by atomic mass is 10.1. The molecule has 0 unspecified atom stereocenters. The molecular formula is C14H21N3O2. The van der Waals surface area contributed by atoms with E-state index in [1.54, 1.807) is 0 Å². The molecule has 5 nitrogen and oxygen atoms in total. The SMILES string of the molecule is NC[C@H]1C[C@H](COC(N)=O)CN1Cc1ccccc1. The normalized spacial score (nSPS) is 23.4. The number of likely N-dealkylation sites (tertiary alicyclic amines) is 1. The third-order valence-electron chi connectivity index (χ3n) is 3.58. The van der Waals surface area contributed by atoms with E-state index in [4.69, 9.17) is 16.2 Å². The molecule has 1 amide bonds. The summed E-state index contributed by atoms with van der Waals surface area (Å²) in [6.45, 7) is 2.79. The summed E-state index contributed by atoms with van der Waals surface area (Å²) >= 11 is 0. The highest BCUT2D eigenvalue weighted by atomic mass is 16.5. The number of carbonyl (C=O) groups is 1. The van der Waals surface area contributed by atoms with E-state index >= 15 is 0 Å². The molecule has 0 aromatic heterocycles. The minimum Gasteiger partial charge on any atom is -0.449 e. The number of hydrogen-bond acceptors (Lipinski definition) is 4. The monoisotopic (exact) mass is 263 g/mol. The van der Waals surface area contributed by atoms with Crippen molar-refractivity contribution in [3.8, 4) is 0 Å². The van der Waals surface area contributed by atoms with E-state index in [0.29, 0.717) is 25.1 Å². The number of primary amides is 1. The van der Waals surface area contributed by atoms with Crippen LogP contribution in [-0.4, -0.2) is 36.7 Å². The van der Waals surface area contributed by atoms with Crippen LogP contribution in [0, 0.1) is 5.92 Å². The predicted molar refractivity (Wildman–Crippen MR) is 73.3 cm³/mol. The molecule has 0 saturated carbocycles.